The van der Waals surface area contributed by atoms with Gasteiger partial charge in [0.2, 0.25) is 0 Å². The van der Waals surface area contributed by atoms with E-state index in [9.17, 15) is 9.59 Å². The first-order valence-corrected chi connectivity index (χ1v) is 6.87. The molecular formula is C15H20N2O2. The second kappa shape index (κ2) is 5.87. The van der Waals surface area contributed by atoms with E-state index in [1.165, 1.54) is 19.8 Å². The molecule has 1 heterocycles. The molecule has 0 bridgehead atoms. The molecule has 0 amide bonds. The first-order chi connectivity index (χ1) is 9.13. The van der Waals surface area contributed by atoms with Crippen LogP contribution in [0.3, 0.4) is 0 Å². The number of unbranched alkanes of at least 4 members (excludes halogenated alkanes) is 3. The lowest BCUT2D eigenvalue weighted by Crippen LogP contribution is -2.16. The summed E-state index contributed by atoms with van der Waals surface area (Å²) in [5, 5.41) is 0. The highest BCUT2D eigenvalue weighted by atomic mass is 16.1. The fraction of sp³-hybridized carbons (Fsp3) is 0.467. The van der Waals surface area contributed by atoms with Crippen molar-refractivity contribution in [2.75, 3.05) is 0 Å². The number of nitrogens with one attached hydrogen (secondary N) is 1. The number of ketones is 1. The van der Waals surface area contributed by atoms with Crippen LogP contribution in [0.1, 0.15) is 49.9 Å². The molecule has 2 rings (SSSR count). The van der Waals surface area contributed by atoms with Gasteiger partial charge in [0.15, 0.2) is 5.78 Å². The number of H-pyrrole nitrogens is 1. The number of hydrogen-bond acceptors (Lipinski definition) is 2. The van der Waals surface area contributed by atoms with E-state index in [0.29, 0.717) is 12.1 Å². The Labute approximate surface area is 112 Å². The van der Waals surface area contributed by atoms with E-state index in [4.69, 9.17) is 0 Å². The number of Topliss-reactive ketones (excluding diaryl/α,β-unsaturated/α-hetero) is 1. The molecule has 1 N–H and O–H groups in total. The second-order valence-electron chi connectivity index (χ2n) is 4.93. The zero-order chi connectivity index (χ0) is 13.8. The van der Waals surface area contributed by atoms with Gasteiger partial charge < -0.3 is 4.98 Å². The van der Waals surface area contributed by atoms with Gasteiger partial charge in [-0.2, -0.15) is 0 Å². The van der Waals surface area contributed by atoms with Crippen LogP contribution in [0.4, 0.5) is 0 Å². The lowest BCUT2D eigenvalue weighted by Gasteiger charge is -2.04. The van der Waals surface area contributed by atoms with Crippen LogP contribution in [0.15, 0.2) is 23.0 Å². The van der Waals surface area contributed by atoms with Gasteiger partial charge in [-0.1, -0.05) is 26.2 Å². The zero-order valence-corrected chi connectivity index (χ0v) is 11.5. The van der Waals surface area contributed by atoms with Crippen molar-refractivity contribution in [1.82, 2.24) is 9.55 Å². The summed E-state index contributed by atoms with van der Waals surface area (Å²) in [7, 11) is 0. The standard InChI is InChI=1S/C15H20N2O2/c1-3-4-5-6-9-17-14-10-12(11(2)18)7-8-13(14)16-15(17)19/h7-8,10H,3-6,9H2,1-2H3,(H,16,19). The van der Waals surface area contributed by atoms with Crippen LogP contribution in [0.25, 0.3) is 11.0 Å². The third-order valence-electron chi connectivity index (χ3n) is 3.42. The molecule has 0 aliphatic rings. The van der Waals surface area contributed by atoms with E-state index in [1.807, 2.05) is 0 Å². The number of aromatic amines is 1. The maximum Gasteiger partial charge on any atom is 0.326 e. The Morgan fingerprint density at radius 1 is 1.26 bits per heavy atom. The molecule has 0 unspecified atom stereocenters. The minimum absolute atomic E-state index is 0.0214. The zero-order valence-electron chi connectivity index (χ0n) is 11.5. The molecule has 2 aromatic rings. The number of benzene rings is 1. The second-order valence-corrected chi connectivity index (χ2v) is 4.93. The number of aromatic nitrogens is 2. The average Bonchev–Trinajstić information content (AvgIpc) is 2.70. The van der Waals surface area contributed by atoms with Gasteiger partial charge in [0, 0.05) is 12.1 Å². The molecule has 1 aromatic heterocycles. The number of aryl methyl sites for hydroxylation is 1. The molecule has 19 heavy (non-hydrogen) atoms. The summed E-state index contributed by atoms with van der Waals surface area (Å²) in [5.41, 5.74) is 2.18. The number of hydrogen-bond donors (Lipinski definition) is 1. The first-order valence-electron chi connectivity index (χ1n) is 6.87. The Hall–Kier alpha value is -1.84. The summed E-state index contributed by atoms with van der Waals surface area (Å²) in [4.78, 5) is 26.1. The van der Waals surface area contributed by atoms with Crippen LogP contribution in [0, 0.1) is 0 Å². The maximum atomic E-state index is 11.9. The largest absolute Gasteiger partial charge is 0.326 e. The fourth-order valence-corrected chi connectivity index (χ4v) is 2.29. The Morgan fingerprint density at radius 3 is 2.74 bits per heavy atom. The molecule has 1 aromatic carbocycles. The Morgan fingerprint density at radius 2 is 2.05 bits per heavy atom. The van der Waals surface area contributed by atoms with Gasteiger partial charge in [0.25, 0.3) is 0 Å². The van der Waals surface area contributed by atoms with Crippen LogP contribution in [0.5, 0.6) is 0 Å². The van der Waals surface area contributed by atoms with E-state index in [1.54, 1.807) is 22.8 Å². The van der Waals surface area contributed by atoms with Gasteiger partial charge in [-0.05, 0) is 31.5 Å². The summed E-state index contributed by atoms with van der Waals surface area (Å²) in [6, 6.07) is 5.35. The smallest absolute Gasteiger partial charge is 0.306 e. The third-order valence-corrected chi connectivity index (χ3v) is 3.42. The highest BCUT2D eigenvalue weighted by molar-refractivity contribution is 5.97. The molecule has 4 nitrogen and oxygen atoms in total. The molecule has 4 heteroatoms. The summed E-state index contributed by atoms with van der Waals surface area (Å²) in [6.45, 7) is 4.41. The van der Waals surface area contributed by atoms with Crippen molar-refractivity contribution in [3.05, 3.63) is 34.2 Å². The summed E-state index contributed by atoms with van der Waals surface area (Å²) < 4.78 is 1.73. The molecule has 0 spiro atoms. The maximum absolute atomic E-state index is 11.9. The van der Waals surface area contributed by atoms with Crippen molar-refractivity contribution in [3.8, 4) is 0 Å². The lowest BCUT2D eigenvalue weighted by molar-refractivity contribution is 0.101. The number of carbonyl (C=O) groups is 1. The van der Waals surface area contributed by atoms with E-state index in [-0.39, 0.29) is 11.5 Å². The quantitative estimate of drug-likeness (QED) is 0.641. The highest BCUT2D eigenvalue weighted by Crippen LogP contribution is 2.14. The van der Waals surface area contributed by atoms with Crippen LogP contribution in [-0.4, -0.2) is 15.3 Å². The minimum Gasteiger partial charge on any atom is -0.306 e. The molecule has 0 radical (unpaired) electrons. The van der Waals surface area contributed by atoms with Crippen LogP contribution in [-0.2, 0) is 6.54 Å². The van der Waals surface area contributed by atoms with Crippen molar-refractivity contribution in [3.63, 3.8) is 0 Å². The van der Waals surface area contributed by atoms with E-state index < -0.39 is 0 Å². The molecule has 0 fully saturated rings. The Bertz CT molecular complexity index is 637. The topological polar surface area (TPSA) is 54.9 Å². The lowest BCUT2D eigenvalue weighted by atomic mass is 10.1. The Kier molecular flexibility index (Phi) is 4.20. The average molecular weight is 260 g/mol. The number of rotatable bonds is 6. The highest BCUT2D eigenvalue weighted by Gasteiger charge is 2.08. The third kappa shape index (κ3) is 2.95. The molecule has 0 atom stereocenters. The predicted molar refractivity (Wildman–Crippen MR) is 76.7 cm³/mol. The van der Waals surface area contributed by atoms with Crippen molar-refractivity contribution in [2.24, 2.45) is 0 Å². The molecule has 0 saturated heterocycles. The summed E-state index contributed by atoms with van der Waals surface area (Å²) >= 11 is 0. The van der Waals surface area contributed by atoms with Gasteiger partial charge >= 0.3 is 5.69 Å². The monoisotopic (exact) mass is 260 g/mol. The van der Waals surface area contributed by atoms with Crippen LogP contribution < -0.4 is 5.69 Å². The molecule has 0 saturated carbocycles. The summed E-state index contributed by atoms with van der Waals surface area (Å²) in [5.74, 6) is 0.0214. The van der Waals surface area contributed by atoms with Crippen molar-refractivity contribution >= 4 is 16.8 Å². The SMILES string of the molecule is CCCCCCn1c(=O)[nH]c2ccc(C(C)=O)cc21. The van der Waals surface area contributed by atoms with Gasteiger partial charge in [-0.15, -0.1) is 0 Å². The van der Waals surface area contributed by atoms with Gasteiger partial charge in [0.1, 0.15) is 0 Å². The van der Waals surface area contributed by atoms with E-state index >= 15 is 0 Å². The van der Waals surface area contributed by atoms with Gasteiger partial charge in [-0.3, -0.25) is 9.36 Å². The molecular weight excluding hydrogens is 240 g/mol. The van der Waals surface area contributed by atoms with Gasteiger partial charge in [0.05, 0.1) is 11.0 Å². The number of imidazole rings is 1. The first kappa shape index (κ1) is 13.6. The molecule has 0 aliphatic carbocycles. The number of nitrogens with zero attached hydrogens (tertiary/aromatic N) is 1. The minimum atomic E-state index is -0.0906. The fourth-order valence-electron chi connectivity index (χ4n) is 2.29. The molecule has 0 aliphatic heterocycles. The van der Waals surface area contributed by atoms with Gasteiger partial charge in [-0.25, -0.2) is 4.79 Å². The number of fused-ring (bicyclic) bond motifs is 1. The van der Waals surface area contributed by atoms with Crippen molar-refractivity contribution < 1.29 is 4.79 Å². The van der Waals surface area contributed by atoms with Crippen LogP contribution in [0.2, 0.25) is 0 Å². The van der Waals surface area contributed by atoms with E-state index in [0.717, 1.165) is 23.9 Å². The van der Waals surface area contributed by atoms with Crippen molar-refractivity contribution in [2.45, 2.75) is 46.1 Å². The number of carbonyl (C=O) groups excluding carboxylic acids is 1. The Balaban J connectivity index is 2.30. The predicted octanol–water partition coefficient (Wildman–Crippen LogP) is 3.11. The normalized spacial score (nSPS) is 11.1. The van der Waals surface area contributed by atoms with Crippen LogP contribution >= 0.6 is 0 Å². The molecule has 102 valence electrons. The van der Waals surface area contributed by atoms with E-state index in [2.05, 4.69) is 11.9 Å². The summed E-state index contributed by atoms with van der Waals surface area (Å²) in [6.07, 6.45) is 4.49. The van der Waals surface area contributed by atoms with Crippen molar-refractivity contribution in [1.29, 1.82) is 0 Å².